The monoisotopic (exact) mass is 343 g/mol. The van der Waals surface area contributed by atoms with Gasteiger partial charge in [0.25, 0.3) is 5.56 Å². The SMILES string of the molecule is Cc1nc(CN2CCc3nc(C4=NCCCC4)[nH]c(=O)c3C2)cs1. The molecule has 0 atom stereocenters. The van der Waals surface area contributed by atoms with Gasteiger partial charge in [0.15, 0.2) is 5.82 Å². The minimum Gasteiger partial charge on any atom is -0.305 e. The third-order valence-electron chi connectivity index (χ3n) is 4.60. The number of nitrogens with zero attached hydrogens (tertiary/aromatic N) is 4. The maximum atomic E-state index is 12.5. The summed E-state index contributed by atoms with van der Waals surface area (Å²) in [5.41, 5.74) is 3.77. The smallest absolute Gasteiger partial charge is 0.255 e. The van der Waals surface area contributed by atoms with Crippen LogP contribution in [0.4, 0.5) is 0 Å². The van der Waals surface area contributed by atoms with E-state index in [4.69, 9.17) is 4.98 Å². The minimum absolute atomic E-state index is 0.0116. The molecule has 0 radical (unpaired) electrons. The number of fused-ring (bicyclic) bond motifs is 1. The molecule has 6 nitrogen and oxygen atoms in total. The van der Waals surface area contributed by atoms with Crippen LogP contribution in [0.1, 0.15) is 47.0 Å². The summed E-state index contributed by atoms with van der Waals surface area (Å²) >= 11 is 1.67. The molecule has 0 unspecified atom stereocenters. The Hall–Kier alpha value is -1.86. The van der Waals surface area contributed by atoms with Gasteiger partial charge < -0.3 is 4.98 Å². The van der Waals surface area contributed by atoms with Gasteiger partial charge in [0, 0.05) is 38.0 Å². The van der Waals surface area contributed by atoms with Gasteiger partial charge in [0.1, 0.15) is 0 Å². The Kier molecular flexibility index (Phi) is 4.28. The van der Waals surface area contributed by atoms with Gasteiger partial charge in [0.05, 0.1) is 27.7 Å². The maximum absolute atomic E-state index is 12.5. The number of aryl methyl sites for hydroxylation is 1. The molecule has 0 bridgehead atoms. The largest absolute Gasteiger partial charge is 0.305 e. The fourth-order valence-corrected chi connectivity index (χ4v) is 3.96. The molecule has 4 rings (SSSR count). The molecule has 1 N–H and O–H groups in total. The Balaban J connectivity index is 1.56. The molecule has 0 saturated carbocycles. The van der Waals surface area contributed by atoms with Crippen LogP contribution in [-0.2, 0) is 19.5 Å². The van der Waals surface area contributed by atoms with E-state index < -0.39 is 0 Å². The highest BCUT2D eigenvalue weighted by Gasteiger charge is 2.23. The van der Waals surface area contributed by atoms with E-state index in [1.165, 1.54) is 0 Å². The van der Waals surface area contributed by atoms with Crippen molar-refractivity contribution in [1.29, 1.82) is 0 Å². The van der Waals surface area contributed by atoms with Crippen molar-refractivity contribution in [2.24, 2.45) is 4.99 Å². The van der Waals surface area contributed by atoms with Crippen LogP contribution in [0.25, 0.3) is 0 Å². The van der Waals surface area contributed by atoms with Crippen molar-refractivity contribution in [3.8, 4) is 0 Å². The highest BCUT2D eigenvalue weighted by atomic mass is 32.1. The Morgan fingerprint density at radius 1 is 1.29 bits per heavy atom. The fourth-order valence-electron chi connectivity index (χ4n) is 3.35. The molecule has 126 valence electrons. The van der Waals surface area contributed by atoms with E-state index in [9.17, 15) is 4.79 Å². The van der Waals surface area contributed by atoms with E-state index in [2.05, 4.69) is 25.2 Å². The van der Waals surface area contributed by atoms with Crippen LogP contribution < -0.4 is 5.56 Å². The van der Waals surface area contributed by atoms with E-state index >= 15 is 0 Å². The molecule has 0 aromatic carbocycles. The molecule has 24 heavy (non-hydrogen) atoms. The first-order valence-corrected chi connectivity index (χ1v) is 9.36. The highest BCUT2D eigenvalue weighted by Crippen LogP contribution is 2.18. The fraction of sp³-hybridized carbons (Fsp3) is 0.529. The number of hydrogen-bond donors (Lipinski definition) is 1. The van der Waals surface area contributed by atoms with Gasteiger partial charge in [-0.1, -0.05) is 0 Å². The predicted molar refractivity (Wildman–Crippen MR) is 94.8 cm³/mol. The number of aromatic nitrogens is 3. The summed E-state index contributed by atoms with van der Waals surface area (Å²) in [6.45, 7) is 5.20. The third kappa shape index (κ3) is 3.18. The summed E-state index contributed by atoms with van der Waals surface area (Å²) in [4.78, 5) is 31.5. The lowest BCUT2D eigenvalue weighted by atomic mass is 10.1. The number of aromatic amines is 1. The van der Waals surface area contributed by atoms with Crippen LogP contribution in [0, 0.1) is 6.92 Å². The van der Waals surface area contributed by atoms with Crippen molar-refractivity contribution in [3.63, 3.8) is 0 Å². The molecule has 7 heteroatoms. The summed E-state index contributed by atoms with van der Waals surface area (Å²) < 4.78 is 0. The lowest BCUT2D eigenvalue weighted by molar-refractivity contribution is 0.239. The Bertz CT molecular complexity index is 838. The van der Waals surface area contributed by atoms with Crippen LogP contribution >= 0.6 is 11.3 Å². The molecule has 2 aromatic heterocycles. The van der Waals surface area contributed by atoms with Crippen molar-refractivity contribution in [3.05, 3.63) is 43.5 Å². The van der Waals surface area contributed by atoms with Gasteiger partial charge in [0.2, 0.25) is 0 Å². The van der Waals surface area contributed by atoms with Crippen molar-refractivity contribution in [1.82, 2.24) is 19.9 Å². The molecule has 4 heterocycles. The van der Waals surface area contributed by atoms with E-state index in [0.29, 0.717) is 12.4 Å². The molecule has 0 amide bonds. The molecule has 2 aliphatic heterocycles. The quantitative estimate of drug-likeness (QED) is 0.926. The van der Waals surface area contributed by atoms with Crippen molar-refractivity contribution in [2.75, 3.05) is 13.1 Å². The first kappa shape index (κ1) is 15.7. The third-order valence-corrected chi connectivity index (χ3v) is 5.42. The highest BCUT2D eigenvalue weighted by molar-refractivity contribution is 7.09. The average Bonchev–Trinajstić information content (AvgIpc) is 3.01. The lowest BCUT2D eigenvalue weighted by Crippen LogP contribution is -2.36. The maximum Gasteiger partial charge on any atom is 0.255 e. The van der Waals surface area contributed by atoms with Gasteiger partial charge in [-0.3, -0.25) is 14.7 Å². The summed E-state index contributed by atoms with van der Waals surface area (Å²) in [6.07, 6.45) is 3.98. The van der Waals surface area contributed by atoms with Crippen molar-refractivity contribution in [2.45, 2.75) is 45.7 Å². The molecule has 2 aromatic rings. The Labute approximate surface area is 144 Å². The van der Waals surface area contributed by atoms with E-state index in [0.717, 1.165) is 73.0 Å². The van der Waals surface area contributed by atoms with E-state index in [1.807, 2.05) is 6.92 Å². The standard InChI is InChI=1S/C17H21N5OS/c1-11-19-12(10-24-11)8-22-7-5-14-13(9-22)17(23)21-16(20-14)15-4-2-3-6-18-15/h10H,2-9H2,1H3,(H,20,21,23). The van der Waals surface area contributed by atoms with Crippen LogP contribution in [0.2, 0.25) is 0 Å². The van der Waals surface area contributed by atoms with Crippen LogP contribution in [0.3, 0.4) is 0 Å². The molecular weight excluding hydrogens is 322 g/mol. The molecular formula is C17H21N5OS. The second kappa shape index (κ2) is 6.57. The van der Waals surface area contributed by atoms with Crippen LogP contribution in [0.15, 0.2) is 15.2 Å². The van der Waals surface area contributed by atoms with Gasteiger partial charge >= 0.3 is 0 Å². The second-order valence-electron chi connectivity index (χ2n) is 6.44. The zero-order valence-electron chi connectivity index (χ0n) is 13.8. The minimum atomic E-state index is -0.0116. The summed E-state index contributed by atoms with van der Waals surface area (Å²) in [7, 11) is 0. The van der Waals surface area contributed by atoms with Crippen molar-refractivity contribution < 1.29 is 0 Å². The molecule has 2 aliphatic rings. The van der Waals surface area contributed by atoms with Gasteiger partial charge in [-0.05, 0) is 26.2 Å². The molecule has 0 aliphatic carbocycles. The van der Waals surface area contributed by atoms with E-state index in [1.54, 1.807) is 11.3 Å². The first-order valence-electron chi connectivity index (χ1n) is 8.48. The topological polar surface area (TPSA) is 74.2 Å². The van der Waals surface area contributed by atoms with E-state index in [-0.39, 0.29) is 5.56 Å². The second-order valence-corrected chi connectivity index (χ2v) is 7.51. The van der Waals surface area contributed by atoms with Crippen molar-refractivity contribution >= 4 is 17.0 Å². The number of rotatable bonds is 3. The molecule has 0 spiro atoms. The Morgan fingerprint density at radius 3 is 2.96 bits per heavy atom. The number of aliphatic imine (C=N–C) groups is 1. The summed E-state index contributed by atoms with van der Waals surface area (Å²) in [6, 6.07) is 0. The zero-order valence-corrected chi connectivity index (χ0v) is 14.7. The summed E-state index contributed by atoms with van der Waals surface area (Å²) in [5.74, 6) is 0.682. The molecule has 0 fully saturated rings. The van der Waals surface area contributed by atoms with Gasteiger partial charge in [-0.15, -0.1) is 11.3 Å². The molecule has 0 saturated heterocycles. The first-order chi connectivity index (χ1) is 11.7. The predicted octanol–water partition coefficient (Wildman–Crippen LogP) is 2.07. The average molecular weight is 343 g/mol. The normalized spacial score (nSPS) is 18.3. The lowest BCUT2D eigenvalue weighted by Gasteiger charge is -2.27. The van der Waals surface area contributed by atoms with Gasteiger partial charge in [-0.2, -0.15) is 0 Å². The zero-order chi connectivity index (χ0) is 16.5. The van der Waals surface area contributed by atoms with Gasteiger partial charge in [-0.25, -0.2) is 9.97 Å². The Morgan fingerprint density at radius 2 is 2.21 bits per heavy atom. The number of hydrogen-bond acceptors (Lipinski definition) is 6. The van der Waals surface area contributed by atoms with Crippen LogP contribution in [0.5, 0.6) is 0 Å². The number of thiazole rings is 1. The number of nitrogens with one attached hydrogen (secondary N) is 1. The summed E-state index contributed by atoms with van der Waals surface area (Å²) in [5, 5.41) is 3.18. The number of H-pyrrole nitrogens is 1. The van der Waals surface area contributed by atoms with Crippen LogP contribution in [-0.4, -0.2) is 38.7 Å².